The van der Waals surface area contributed by atoms with Gasteiger partial charge in [0.05, 0.1) is 17.8 Å². The van der Waals surface area contributed by atoms with E-state index in [4.69, 9.17) is 9.47 Å². The number of hydrogen-bond donors (Lipinski definition) is 0. The molecule has 0 aromatic carbocycles. The fourth-order valence-electron chi connectivity index (χ4n) is 4.67. The molecule has 4 rings (SSSR count). The third-order valence-electron chi connectivity index (χ3n) is 6.20. The minimum absolute atomic E-state index is 0.229. The van der Waals surface area contributed by atoms with E-state index in [-0.39, 0.29) is 5.60 Å². The van der Waals surface area contributed by atoms with Crippen molar-refractivity contribution in [1.29, 1.82) is 0 Å². The van der Waals surface area contributed by atoms with Gasteiger partial charge in [-0.25, -0.2) is 0 Å². The second-order valence-corrected chi connectivity index (χ2v) is 7.86. The lowest BCUT2D eigenvalue weighted by molar-refractivity contribution is -0.0127. The van der Waals surface area contributed by atoms with Gasteiger partial charge in [-0.15, -0.1) is 0 Å². The minimum atomic E-state index is 0.229. The summed E-state index contributed by atoms with van der Waals surface area (Å²) in [6.07, 6.45) is 10.4. The van der Waals surface area contributed by atoms with Gasteiger partial charge in [0.25, 0.3) is 0 Å². The number of hydrogen-bond acceptors (Lipinski definition) is 2. The van der Waals surface area contributed by atoms with Gasteiger partial charge in [0.1, 0.15) is 0 Å². The average Bonchev–Trinajstić information content (AvgIpc) is 3.18. The van der Waals surface area contributed by atoms with Gasteiger partial charge in [-0.3, -0.25) is 0 Å². The van der Waals surface area contributed by atoms with E-state index in [1.807, 2.05) is 0 Å². The molecular formula is C16H26O2. The first-order chi connectivity index (χ1) is 8.57. The fourth-order valence-corrected chi connectivity index (χ4v) is 4.67. The highest BCUT2D eigenvalue weighted by Crippen LogP contribution is 2.61. The molecule has 0 amide bonds. The Hall–Kier alpha value is -0.0800. The maximum atomic E-state index is 6.24. The van der Waals surface area contributed by atoms with Gasteiger partial charge in [0.2, 0.25) is 0 Å². The van der Waals surface area contributed by atoms with Crippen molar-refractivity contribution in [2.45, 2.75) is 76.6 Å². The molecule has 1 saturated heterocycles. The Morgan fingerprint density at radius 1 is 1.06 bits per heavy atom. The normalized spacial score (nSPS) is 57.7. The molecule has 2 nitrogen and oxygen atoms in total. The van der Waals surface area contributed by atoms with Gasteiger partial charge in [-0.2, -0.15) is 0 Å². The molecular weight excluding hydrogens is 224 g/mol. The molecule has 0 bridgehead atoms. The van der Waals surface area contributed by atoms with Crippen molar-refractivity contribution in [3.8, 4) is 0 Å². The van der Waals surface area contributed by atoms with Gasteiger partial charge < -0.3 is 9.47 Å². The van der Waals surface area contributed by atoms with E-state index < -0.39 is 0 Å². The summed E-state index contributed by atoms with van der Waals surface area (Å²) < 4.78 is 12.0. The molecule has 3 saturated carbocycles. The van der Waals surface area contributed by atoms with E-state index in [0.29, 0.717) is 17.6 Å². The molecule has 1 heterocycles. The van der Waals surface area contributed by atoms with Crippen LogP contribution >= 0.6 is 0 Å². The second kappa shape index (κ2) is 3.73. The molecule has 1 aliphatic heterocycles. The molecule has 0 radical (unpaired) electrons. The Balaban J connectivity index is 1.26. The molecule has 0 aromatic rings. The predicted octanol–water partition coefficient (Wildman–Crippen LogP) is 3.54. The molecule has 102 valence electrons. The Kier molecular flexibility index (Phi) is 2.43. The lowest BCUT2D eigenvalue weighted by Gasteiger charge is -2.30. The molecule has 6 atom stereocenters. The largest absolute Gasteiger partial charge is 0.378 e. The van der Waals surface area contributed by atoms with Gasteiger partial charge in [-0.05, 0) is 69.1 Å². The van der Waals surface area contributed by atoms with Crippen LogP contribution in [0, 0.1) is 17.3 Å². The maximum absolute atomic E-state index is 6.24. The van der Waals surface area contributed by atoms with Crippen molar-refractivity contribution in [3.63, 3.8) is 0 Å². The lowest BCUT2D eigenvalue weighted by Crippen LogP contribution is -2.29. The van der Waals surface area contributed by atoms with E-state index >= 15 is 0 Å². The molecule has 0 N–H and O–H groups in total. The number of epoxide rings is 1. The highest BCUT2D eigenvalue weighted by molar-refractivity contribution is 5.05. The molecule has 6 unspecified atom stereocenters. The van der Waals surface area contributed by atoms with E-state index in [1.165, 1.54) is 44.9 Å². The van der Waals surface area contributed by atoms with Crippen molar-refractivity contribution in [2.75, 3.05) is 6.61 Å². The Labute approximate surface area is 110 Å². The van der Waals surface area contributed by atoms with Gasteiger partial charge in [0, 0.05) is 6.61 Å². The van der Waals surface area contributed by atoms with Crippen LogP contribution in [0.1, 0.15) is 58.8 Å². The van der Waals surface area contributed by atoms with Crippen LogP contribution < -0.4 is 0 Å². The second-order valence-electron chi connectivity index (χ2n) is 7.86. The zero-order chi connectivity index (χ0) is 12.4. The fraction of sp³-hybridized carbons (Fsp3) is 1.00. The van der Waals surface area contributed by atoms with E-state index in [9.17, 15) is 0 Å². The Bertz CT molecular complexity index is 321. The predicted molar refractivity (Wildman–Crippen MR) is 70.4 cm³/mol. The zero-order valence-corrected chi connectivity index (χ0v) is 11.8. The van der Waals surface area contributed by atoms with Crippen molar-refractivity contribution in [1.82, 2.24) is 0 Å². The summed E-state index contributed by atoms with van der Waals surface area (Å²) in [5.74, 6) is 1.78. The zero-order valence-electron chi connectivity index (χ0n) is 11.8. The monoisotopic (exact) mass is 250 g/mol. The van der Waals surface area contributed by atoms with Crippen LogP contribution in [0.3, 0.4) is 0 Å². The molecule has 4 aliphatic rings. The van der Waals surface area contributed by atoms with Crippen molar-refractivity contribution >= 4 is 0 Å². The number of ether oxygens (including phenoxy) is 2. The number of fused-ring (bicyclic) bond motifs is 2. The standard InChI is InChI=1S/C16H26O2/c1-15-8-12(15)4-5-13(9-15)17-10-11-3-6-14-16(2,7-11)18-14/h11-14H,3-10H2,1-2H3. The molecule has 3 aliphatic carbocycles. The summed E-state index contributed by atoms with van der Waals surface area (Å²) in [6.45, 7) is 5.72. The Morgan fingerprint density at radius 2 is 1.94 bits per heavy atom. The van der Waals surface area contributed by atoms with Crippen molar-refractivity contribution in [2.24, 2.45) is 17.3 Å². The summed E-state index contributed by atoms with van der Waals surface area (Å²) in [7, 11) is 0. The maximum Gasteiger partial charge on any atom is 0.0923 e. The highest BCUT2D eigenvalue weighted by Gasteiger charge is 2.56. The van der Waals surface area contributed by atoms with E-state index in [0.717, 1.165) is 18.4 Å². The average molecular weight is 250 g/mol. The van der Waals surface area contributed by atoms with Gasteiger partial charge in [0.15, 0.2) is 0 Å². The van der Waals surface area contributed by atoms with Crippen LogP contribution in [-0.2, 0) is 9.47 Å². The molecule has 2 heteroatoms. The van der Waals surface area contributed by atoms with Crippen molar-refractivity contribution < 1.29 is 9.47 Å². The van der Waals surface area contributed by atoms with E-state index in [2.05, 4.69) is 13.8 Å². The lowest BCUT2D eigenvalue weighted by atomic mass is 9.82. The molecule has 0 spiro atoms. The molecule has 18 heavy (non-hydrogen) atoms. The van der Waals surface area contributed by atoms with E-state index in [1.54, 1.807) is 0 Å². The summed E-state index contributed by atoms with van der Waals surface area (Å²) in [6, 6.07) is 0. The van der Waals surface area contributed by atoms with Crippen LogP contribution in [0.25, 0.3) is 0 Å². The first kappa shape index (κ1) is 11.7. The first-order valence-electron chi connectivity index (χ1n) is 7.87. The molecule has 4 fully saturated rings. The third-order valence-corrected chi connectivity index (χ3v) is 6.20. The van der Waals surface area contributed by atoms with Crippen LogP contribution in [0.4, 0.5) is 0 Å². The van der Waals surface area contributed by atoms with Crippen LogP contribution in [0.5, 0.6) is 0 Å². The number of rotatable bonds is 3. The quantitative estimate of drug-likeness (QED) is 0.715. The molecule has 0 aromatic heterocycles. The van der Waals surface area contributed by atoms with Gasteiger partial charge >= 0.3 is 0 Å². The summed E-state index contributed by atoms with van der Waals surface area (Å²) in [5.41, 5.74) is 0.887. The van der Waals surface area contributed by atoms with Crippen LogP contribution in [0.15, 0.2) is 0 Å². The SMILES string of the molecule is CC12CC(OCC3CCC4OC4(C)C3)CCC1C2. The van der Waals surface area contributed by atoms with Crippen LogP contribution in [-0.4, -0.2) is 24.4 Å². The summed E-state index contributed by atoms with van der Waals surface area (Å²) >= 11 is 0. The Morgan fingerprint density at radius 3 is 2.72 bits per heavy atom. The van der Waals surface area contributed by atoms with Crippen LogP contribution in [0.2, 0.25) is 0 Å². The van der Waals surface area contributed by atoms with Gasteiger partial charge in [-0.1, -0.05) is 6.92 Å². The third kappa shape index (κ3) is 1.92. The minimum Gasteiger partial charge on any atom is -0.378 e. The van der Waals surface area contributed by atoms with Crippen molar-refractivity contribution in [3.05, 3.63) is 0 Å². The topological polar surface area (TPSA) is 21.8 Å². The summed E-state index contributed by atoms with van der Waals surface area (Å²) in [4.78, 5) is 0. The smallest absolute Gasteiger partial charge is 0.0923 e. The first-order valence-corrected chi connectivity index (χ1v) is 7.87. The highest BCUT2D eigenvalue weighted by atomic mass is 16.6. The summed E-state index contributed by atoms with van der Waals surface area (Å²) in [5, 5.41) is 0.